The first-order valence-corrected chi connectivity index (χ1v) is 16.3. The van der Waals surface area contributed by atoms with Crippen LogP contribution in [0.4, 0.5) is 0 Å². The Hall–Kier alpha value is -6.56. The zero-order chi connectivity index (χ0) is 37.0. The zero-order valence-electron chi connectivity index (χ0n) is 28.3. The first kappa shape index (κ1) is 38.2. The zero-order valence-corrected chi connectivity index (χ0v) is 28.3. The predicted octanol–water partition coefficient (Wildman–Crippen LogP) is 4.17. The lowest BCUT2D eigenvalue weighted by atomic mass is 10.2. The Morgan fingerprint density at radius 3 is 0.788 bits per heavy atom. The molecule has 0 saturated carbocycles. The van der Waals surface area contributed by atoms with Gasteiger partial charge in [-0.25, -0.2) is 0 Å². The first-order valence-electron chi connectivity index (χ1n) is 16.3. The van der Waals surface area contributed by atoms with Crippen LogP contribution in [0.2, 0.25) is 0 Å². The van der Waals surface area contributed by atoms with Gasteiger partial charge in [0.2, 0.25) is 11.8 Å². The summed E-state index contributed by atoms with van der Waals surface area (Å²) in [5.41, 5.74) is 2.86. The highest BCUT2D eigenvalue weighted by Crippen LogP contribution is 2.07. The lowest BCUT2D eigenvalue weighted by molar-refractivity contribution is -0.155. The van der Waals surface area contributed by atoms with Crippen molar-refractivity contribution in [1.29, 1.82) is 0 Å². The molecule has 0 radical (unpaired) electrons. The lowest BCUT2D eigenvalue weighted by Crippen LogP contribution is -2.41. The maximum Gasteiger partial charge on any atom is 0.326 e. The standard InChI is InChI=1S/C40H38N2O10/c43-35(41(23-37(45)49-27-31-13-5-1-6-14-31)24-38(46)50-28-32-15-7-2-8-16-32)21-22-36(44)42(25-39(47)51-29-33-17-9-3-10-18-33)26-40(48)52-30-34-19-11-4-12-20-34/h1-22H,23-30H2/b22-21+. The molecule has 4 aromatic rings. The molecule has 0 fully saturated rings. The van der Waals surface area contributed by atoms with Gasteiger partial charge in [0, 0.05) is 12.2 Å². The van der Waals surface area contributed by atoms with Crippen LogP contribution in [0.25, 0.3) is 0 Å². The largest absolute Gasteiger partial charge is 0.459 e. The maximum atomic E-state index is 13.3. The van der Waals surface area contributed by atoms with Crippen LogP contribution in [0.15, 0.2) is 133 Å². The first-order chi connectivity index (χ1) is 25.2. The molecule has 4 aromatic carbocycles. The molecule has 0 heterocycles. The minimum Gasteiger partial charge on any atom is -0.459 e. The van der Waals surface area contributed by atoms with Crippen molar-refractivity contribution in [2.24, 2.45) is 0 Å². The molecule has 52 heavy (non-hydrogen) atoms. The number of ether oxygens (including phenoxy) is 4. The molecule has 12 nitrogen and oxygen atoms in total. The van der Waals surface area contributed by atoms with Crippen molar-refractivity contribution in [3.05, 3.63) is 156 Å². The van der Waals surface area contributed by atoms with Crippen LogP contribution < -0.4 is 0 Å². The fourth-order valence-corrected chi connectivity index (χ4v) is 4.54. The molecule has 0 aliphatic heterocycles. The second-order valence-electron chi connectivity index (χ2n) is 11.3. The predicted molar refractivity (Wildman–Crippen MR) is 187 cm³/mol. The Morgan fingerprint density at radius 1 is 0.365 bits per heavy atom. The Balaban J connectivity index is 1.43. The quantitative estimate of drug-likeness (QED) is 0.0840. The SMILES string of the molecule is O=C(CN(CC(=O)OCc1ccccc1)C(=O)/C=C/C(=O)N(CC(=O)OCc1ccccc1)CC(=O)OCc1ccccc1)OCc1ccccc1. The molecule has 0 N–H and O–H groups in total. The van der Waals surface area contributed by atoms with Crippen LogP contribution in [0.3, 0.4) is 0 Å². The van der Waals surface area contributed by atoms with Crippen molar-refractivity contribution < 1.29 is 47.7 Å². The van der Waals surface area contributed by atoms with E-state index in [0.29, 0.717) is 22.3 Å². The third kappa shape index (κ3) is 14.1. The van der Waals surface area contributed by atoms with E-state index in [1.54, 1.807) is 97.1 Å². The van der Waals surface area contributed by atoms with Gasteiger partial charge in [-0.05, 0) is 22.3 Å². The molecular formula is C40H38N2O10. The van der Waals surface area contributed by atoms with Gasteiger partial charge < -0.3 is 28.7 Å². The average Bonchev–Trinajstić information content (AvgIpc) is 3.17. The van der Waals surface area contributed by atoms with Gasteiger partial charge in [0.15, 0.2) is 0 Å². The second kappa shape index (κ2) is 20.8. The van der Waals surface area contributed by atoms with Crippen LogP contribution in [-0.4, -0.2) is 71.7 Å². The minimum atomic E-state index is -0.903. The van der Waals surface area contributed by atoms with Crippen molar-refractivity contribution in [3.63, 3.8) is 0 Å². The van der Waals surface area contributed by atoms with Crippen LogP contribution >= 0.6 is 0 Å². The van der Waals surface area contributed by atoms with Crippen molar-refractivity contribution in [2.45, 2.75) is 26.4 Å². The lowest BCUT2D eigenvalue weighted by Gasteiger charge is -2.21. The third-order valence-corrected chi connectivity index (χ3v) is 7.24. The summed E-state index contributed by atoms with van der Waals surface area (Å²) in [5, 5.41) is 0. The van der Waals surface area contributed by atoms with E-state index >= 15 is 0 Å². The summed E-state index contributed by atoms with van der Waals surface area (Å²) in [6.45, 7) is -2.79. The Labute approximate surface area is 301 Å². The van der Waals surface area contributed by atoms with E-state index in [0.717, 1.165) is 22.0 Å². The van der Waals surface area contributed by atoms with E-state index in [-0.39, 0.29) is 26.4 Å². The molecule has 0 spiro atoms. The normalized spacial score (nSPS) is 10.5. The van der Waals surface area contributed by atoms with Crippen molar-refractivity contribution in [2.75, 3.05) is 26.2 Å². The van der Waals surface area contributed by atoms with Crippen molar-refractivity contribution in [3.8, 4) is 0 Å². The van der Waals surface area contributed by atoms with Crippen LogP contribution in [0, 0.1) is 0 Å². The van der Waals surface area contributed by atoms with Gasteiger partial charge in [0.25, 0.3) is 0 Å². The smallest absolute Gasteiger partial charge is 0.326 e. The number of carbonyl (C=O) groups excluding carboxylic acids is 6. The number of rotatable bonds is 18. The number of hydrogen-bond acceptors (Lipinski definition) is 10. The monoisotopic (exact) mass is 706 g/mol. The topological polar surface area (TPSA) is 146 Å². The number of nitrogens with zero attached hydrogens (tertiary/aromatic N) is 2. The van der Waals surface area contributed by atoms with Gasteiger partial charge >= 0.3 is 23.9 Å². The van der Waals surface area contributed by atoms with Gasteiger partial charge in [0.05, 0.1) is 0 Å². The summed E-state index contributed by atoms with van der Waals surface area (Å²) >= 11 is 0. The van der Waals surface area contributed by atoms with Gasteiger partial charge in [0.1, 0.15) is 52.6 Å². The fraction of sp³-hybridized carbons (Fsp3) is 0.200. The van der Waals surface area contributed by atoms with E-state index in [1.807, 2.05) is 24.3 Å². The summed E-state index contributed by atoms with van der Waals surface area (Å²) in [6, 6.07) is 35.5. The molecule has 0 aliphatic carbocycles. The molecule has 2 amide bonds. The summed E-state index contributed by atoms with van der Waals surface area (Å²) in [7, 11) is 0. The molecule has 12 heteroatoms. The molecule has 0 atom stereocenters. The van der Waals surface area contributed by atoms with E-state index in [2.05, 4.69) is 0 Å². The van der Waals surface area contributed by atoms with Crippen molar-refractivity contribution >= 4 is 35.7 Å². The Morgan fingerprint density at radius 2 is 0.577 bits per heavy atom. The molecule has 0 bridgehead atoms. The van der Waals surface area contributed by atoms with E-state index in [4.69, 9.17) is 18.9 Å². The number of esters is 4. The molecular weight excluding hydrogens is 668 g/mol. The highest BCUT2D eigenvalue weighted by atomic mass is 16.5. The molecule has 0 aliphatic rings. The highest BCUT2D eigenvalue weighted by molar-refractivity contribution is 6.00. The summed E-state index contributed by atoms with van der Waals surface area (Å²) in [6.07, 6.45) is 1.66. The molecule has 268 valence electrons. The Bertz CT molecular complexity index is 1550. The molecule has 0 unspecified atom stereocenters. The summed E-state index contributed by atoms with van der Waals surface area (Å²) in [5.74, 6) is -5.04. The molecule has 4 rings (SSSR count). The number of amides is 2. The Kier molecular flexibility index (Phi) is 15.3. The number of carbonyl (C=O) groups is 6. The molecule has 0 aromatic heterocycles. The summed E-state index contributed by atoms with van der Waals surface area (Å²) < 4.78 is 21.2. The van der Waals surface area contributed by atoms with Gasteiger partial charge in [-0.1, -0.05) is 121 Å². The van der Waals surface area contributed by atoms with Crippen molar-refractivity contribution in [1.82, 2.24) is 9.80 Å². The van der Waals surface area contributed by atoms with E-state index in [9.17, 15) is 28.8 Å². The maximum absolute atomic E-state index is 13.3. The number of benzene rings is 4. The molecule has 0 saturated heterocycles. The van der Waals surface area contributed by atoms with Gasteiger partial charge in [-0.2, -0.15) is 0 Å². The average molecular weight is 707 g/mol. The van der Waals surface area contributed by atoms with E-state index in [1.165, 1.54) is 0 Å². The van der Waals surface area contributed by atoms with Gasteiger partial charge in [-0.15, -0.1) is 0 Å². The third-order valence-electron chi connectivity index (χ3n) is 7.24. The van der Waals surface area contributed by atoms with Gasteiger partial charge in [-0.3, -0.25) is 28.8 Å². The minimum absolute atomic E-state index is 0.0653. The summed E-state index contributed by atoms with van der Waals surface area (Å²) in [4.78, 5) is 79.3. The van der Waals surface area contributed by atoms with E-state index < -0.39 is 61.9 Å². The highest BCUT2D eigenvalue weighted by Gasteiger charge is 2.24. The van der Waals surface area contributed by atoms with Crippen LogP contribution in [-0.2, 0) is 74.1 Å². The fourth-order valence-electron chi connectivity index (χ4n) is 4.54. The number of hydrogen-bond donors (Lipinski definition) is 0. The van der Waals surface area contributed by atoms with Crippen LogP contribution in [0.5, 0.6) is 0 Å². The second-order valence-corrected chi connectivity index (χ2v) is 11.3. The van der Waals surface area contributed by atoms with Crippen LogP contribution in [0.1, 0.15) is 22.3 Å².